The minimum atomic E-state index is -1.13. The Balaban J connectivity index is 1.64. The summed E-state index contributed by atoms with van der Waals surface area (Å²) < 4.78 is 19.6. The van der Waals surface area contributed by atoms with Gasteiger partial charge in [0.2, 0.25) is 0 Å². The monoisotopic (exact) mass is 331 g/mol. The summed E-state index contributed by atoms with van der Waals surface area (Å²) in [6.45, 7) is 2.42. The SMILES string of the molecule is CC(Nc1cnc(C(=O)O)cn1)c1ccc(OCC2CC2)c(F)c1. The highest BCUT2D eigenvalue weighted by atomic mass is 19.1. The van der Waals surface area contributed by atoms with Crippen LogP contribution in [0.5, 0.6) is 5.75 Å². The van der Waals surface area contributed by atoms with E-state index in [1.54, 1.807) is 12.1 Å². The first-order valence-electron chi connectivity index (χ1n) is 7.77. The van der Waals surface area contributed by atoms with E-state index in [4.69, 9.17) is 9.84 Å². The zero-order chi connectivity index (χ0) is 17.1. The molecule has 1 aliphatic rings. The van der Waals surface area contributed by atoms with Crippen molar-refractivity contribution >= 4 is 11.8 Å². The highest BCUT2D eigenvalue weighted by Gasteiger charge is 2.22. The average Bonchev–Trinajstić information content (AvgIpc) is 3.38. The smallest absolute Gasteiger partial charge is 0.356 e. The summed E-state index contributed by atoms with van der Waals surface area (Å²) in [6.07, 6.45) is 4.82. The zero-order valence-electron chi connectivity index (χ0n) is 13.2. The highest BCUT2D eigenvalue weighted by molar-refractivity contribution is 5.84. The Bertz CT molecular complexity index is 732. The molecule has 1 aromatic heterocycles. The van der Waals surface area contributed by atoms with Gasteiger partial charge in [0, 0.05) is 0 Å². The summed E-state index contributed by atoms with van der Waals surface area (Å²) in [5.74, 6) is -0.275. The second kappa shape index (κ2) is 6.82. The van der Waals surface area contributed by atoms with Gasteiger partial charge in [0.15, 0.2) is 17.3 Å². The van der Waals surface area contributed by atoms with Crippen LogP contribution in [0.2, 0.25) is 0 Å². The third-order valence-electron chi connectivity index (χ3n) is 3.86. The van der Waals surface area contributed by atoms with Crippen LogP contribution in [0.4, 0.5) is 10.2 Å². The van der Waals surface area contributed by atoms with Gasteiger partial charge in [0.1, 0.15) is 5.82 Å². The van der Waals surface area contributed by atoms with E-state index in [0.29, 0.717) is 18.3 Å². The maximum absolute atomic E-state index is 14.1. The summed E-state index contributed by atoms with van der Waals surface area (Å²) in [5, 5.41) is 11.9. The first-order valence-corrected chi connectivity index (χ1v) is 7.77. The molecule has 1 aromatic carbocycles. The maximum atomic E-state index is 14.1. The van der Waals surface area contributed by atoms with Gasteiger partial charge in [-0.05, 0) is 43.4 Å². The van der Waals surface area contributed by atoms with Crippen molar-refractivity contribution in [1.29, 1.82) is 0 Å². The van der Waals surface area contributed by atoms with Gasteiger partial charge in [-0.1, -0.05) is 6.07 Å². The minimum Gasteiger partial charge on any atom is -0.490 e. The summed E-state index contributed by atoms with van der Waals surface area (Å²) in [5.41, 5.74) is 0.604. The van der Waals surface area contributed by atoms with E-state index in [1.165, 1.54) is 18.5 Å². The third-order valence-corrected chi connectivity index (χ3v) is 3.86. The number of hydrogen-bond acceptors (Lipinski definition) is 5. The molecule has 1 saturated carbocycles. The first-order chi connectivity index (χ1) is 11.5. The molecule has 1 aliphatic carbocycles. The van der Waals surface area contributed by atoms with E-state index in [9.17, 15) is 9.18 Å². The number of carboxylic acids is 1. The van der Waals surface area contributed by atoms with Gasteiger partial charge < -0.3 is 15.2 Å². The lowest BCUT2D eigenvalue weighted by molar-refractivity contribution is 0.0690. The molecule has 3 rings (SSSR count). The molecule has 1 atom stereocenters. The Hall–Kier alpha value is -2.70. The summed E-state index contributed by atoms with van der Waals surface area (Å²) in [6, 6.07) is 4.63. The third kappa shape index (κ3) is 3.98. The maximum Gasteiger partial charge on any atom is 0.356 e. The lowest BCUT2D eigenvalue weighted by Crippen LogP contribution is -2.10. The highest BCUT2D eigenvalue weighted by Crippen LogP contribution is 2.31. The molecule has 1 unspecified atom stereocenters. The molecule has 0 spiro atoms. The fourth-order valence-electron chi connectivity index (χ4n) is 2.21. The van der Waals surface area contributed by atoms with E-state index in [-0.39, 0.29) is 17.5 Å². The number of hydrogen-bond donors (Lipinski definition) is 2. The topological polar surface area (TPSA) is 84.3 Å². The van der Waals surface area contributed by atoms with Crippen LogP contribution in [0.1, 0.15) is 41.9 Å². The van der Waals surface area contributed by atoms with Crippen molar-refractivity contribution in [2.45, 2.75) is 25.8 Å². The summed E-state index contributed by atoms with van der Waals surface area (Å²) in [4.78, 5) is 18.5. The molecule has 7 heteroatoms. The van der Waals surface area contributed by atoms with E-state index in [0.717, 1.165) is 18.4 Å². The average molecular weight is 331 g/mol. The van der Waals surface area contributed by atoms with Crippen LogP contribution in [0.25, 0.3) is 0 Å². The predicted molar refractivity (Wildman–Crippen MR) is 85.6 cm³/mol. The van der Waals surface area contributed by atoms with Crippen LogP contribution >= 0.6 is 0 Å². The lowest BCUT2D eigenvalue weighted by atomic mass is 10.1. The molecular weight excluding hydrogens is 313 g/mol. The summed E-state index contributed by atoms with van der Waals surface area (Å²) in [7, 11) is 0. The number of carboxylic acid groups (broad SMARTS) is 1. The fourth-order valence-corrected chi connectivity index (χ4v) is 2.21. The first kappa shape index (κ1) is 16.2. The van der Waals surface area contributed by atoms with Crippen LogP contribution in [-0.2, 0) is 0 Å². The molecular formula is C17H18FN3O3. The van der Waals surface area contributed by atoms with Crippen molar-refractivity contribution in [1.82, 2.24) is 9.97 Å². The van der Waals surface area contributed by atoms with Crippen molar-refractivity contribution in [2.75, 3.05) is 11.9 Å². The number of benzene rings is 1. The van der Waals surface area contributed by atoms with Crippen LogP contribution in [0.15, 0.2) is 30.6 Å². The quantitative estimate of drug-likeness (QED) is 0.810. The number of nitrogens with one attached hydrogen (secondary N) is 1. The molecule has 2 aromatic rings. The standard InChI is InChI=1S/C17H18FN3O3/c1-10(21-16-8-19-14(7-20-16)17(22)23)12-4-5-15(13(18)6-12)24-9-11-2-3-11/h4-8,10-11H,2-3,9H2,1H3,(H,20,21)(H,22,23). The van der Waals surface area contributed by atoms with Gasteiger partial charge in [-0.25, -0.2) is 19.2 Å². The molecule has 0 radical (unpaired) electrons. The van der Waals surface area contributed by atoms with Crippen molar-refractivity contribution in [2.24, 2.45) is 5.92 Å². The number of rotatable bonds is 7. The fraction of sp³-hybridized carbons (Fsp3) is 0.353. The van der Waals surface area contributed by atoms with E-state index in [1.807, 2.05) is 6.92 Å². The number of nitrogens with zero attached hydrogens (tertiary/aromatic N) is 2. The predicted octanol–water partition coefficient (Wildman–Crippen LogP) is 3.28. The van der Waals surface area contributed by atoms with Gasteiger partial charge in [-0.3, -0.25) is 0 Å². The van der Waals surface area contributed by atoms with E-state index in [2.05, 4.69) is 15.3 Å². The Kier molecular flexibility index (Phi) is 4.59. The van der Waals surface area contributed by atoms with Crippen LogP contribution in [0, 0.1) is 11.7 Å². The van der Waals surface area contributed by atoms with Crippen LogP contribution in [0.3, 0.4) is 0 Å². The Morgan fingerprint density at radius 2 is 2.21 bits per heavy atom. The number of halogens is 1. The van der Waals surface area contributed by atoms with Crippen LogP contribution in [-0.4, -0.2) is 27.7 Å². The number of ether oxygens (including phenoxy) is 1. The summed E-state index contributed by atoms with van der Waals surface area (Å²) >= 11 is 0. The molecule has 1 heterocycles. The van der Waals surface area contributed by atoms with Crippen molar-refractivity contribution in [3.8, 4) is 5.75 Å². The number of aromatic nitrogens is 2. The Morgan fingerprint density at radius 1 is 1.42 bits per heavy atom. The largest absolute Gasteiger partial charge is 0.490 e. The second-order valence-electron chi connectivity index (χ2n) is 5.90. The molecule has 2 N–H and O–H groups in total. The van der Waals surface area contributed by atoms with Crippen LogP contribution < -0.4 is 10.1 Å². The molecule has 0 aliphatic heterocycles. The van der Waals surface area contributed by atoms with Gasteiger partial charge >= 0.3 is 5.97 Å². The van der Waals surface area contributed by atoms with E-state index < -0.39 is 11.8 Å². The molecule has 0 bridgehead atoms. The second-order valence-corrected chi connectivity index (χ2v) is 5.90. The zero-order valence-corrected chi connectivity index (χ0v) is 13.2. The molecule has 1 fully saturated rings. The normalized spacial score (nSPS) is 14.9. The molecule has 126 valence electrons. The van der Waals surface area contributed by atoms with Crippen molar-refractivity contribution in [3.63, 3.8) is 0 Å². The molecule has 24 heavy (non-hydrogen) atoms. The van der Waals surface area contributed by atoms with Crippen molar-refractivity contribution in [3.05, 3.63) is 47.7 Å². The van der Waals surface area contributed by atoms with Crippen molar-refractivity contribution < 1.29 is 19.0 Å². The van der Waals surface area contributed by atoms with Gasteiger partial charge in [0.05, 0.1) is 25.0 Å². The van der Waals surface area contributed by atoms with Gasteiger partial charge in [-0.2, -0.15) is 0 Å². The molecule has 0 amide bonds. The number of anilines is 1. The number of carbonyl (C=O) groups is 1. The van der Waals surface area contributed by atoms with E-state index >= 15 is 0 Å². The minimum absolute atomic E-state index is 0.128. The van der Waals surface area contributed by atoms with Gasteiger partial charge in [0.25, 0.3) is 0 Å². The Morgan fingerprint density at radius 3 is 2.79 bits per heavy atom. The van der Waals surface area contributed by atoms with Gasteiger partial charge in [-0.15, -0.1) is 0 Å². The Labute approximate surface area is 138 Å². The molecule has 6 nitrogen and oxygen atoms in total. The lowest BCUT2D eigenvalue weighted by Gasteiger charge is -2.16. The molecule has 0 saturated heterocycles. The number of aromatic carboxylic acids is 1.